The first-order valence-electron chi connectivity index (χ1n) is 13.8. The molecule has 1 aromatic rings. The number of ether oxygens (including phenoxy) is 1. The van der Waals surface area contributed by atoms with Gasteiger partial charge in [-0.1, -0.05) is 41.5 Å². The van der Waals surface area contributed by atoms with Crippen molar-refractivity contribution in [1.29, 1.82) is 0 Å². The third-order valence-electron chi connectivity index (χ3n) is 8.28. The number of esters is 1. The number of aliphatic hydroxyl groups is 1. The van der Waals surface area contributed by atoms with Gasteiger partial charge in [-0.2, -0.15) is 11.8 Å². The molecule has 0 radical (unpaired) electrons. The van der Waals surface area contributed by atoms with E-state index in [-0.39, 0.29) is 22.2 Å². The Balaban J connectivity index is 2.78. The molecule has 232 valence electrons. The van der Waals surface area contributed by atoms with Crippen LogP contribution in [-0.2, 0) is 15.3 Å². The molecule has 0 bridgehead atoms. The summed E-state index contributed by atoms with van der Waals surface area (Å²) < 4.78 is 19.1. The fraction of sp³-hybridized carbons (Fsp3) is 0.679. The Kier molecular flexibility index (Phi) is 11.1. The zero-order chi connectivity index (χ0) is 31.6. The summed E-state index contributed by atoms with van der Waals surface area (Å²) in [6, 6.07) is -0.0842. The number of hydrogen-bond acceptors (Lipinski definition) is 8. The lowest BCUT2D eigenvalue weighted by atomic mass is 10.0. The molecular weight excluding hydrogens is 581 g/mol. The van der Waals surface area contributed by atoms with E-state index >= 15 is 0 Å². The molecule has 1 aliphatic heterocycles. The van der Waals surface area contributed by atoms with Crippen molar-refractivity contribution in [2.45, 2.75) is 103 Å². The first-order valence-corrected chi connectivity index (χ1v) is 20.8. The van der Waals surface area contributed by atoms with E-state index in [0.29, 0.717) is 34.1 Å². The molecule has 1 aromatic carbocycles. The normalized spacial score (nSPS) is 19.6. The monoisotopic (exact) mass is 628 g/mol. The van der Waals surface area contributed by atoms with Gasteiger partial charge in [0.15, 0.2) is 0 Å². The van der Waals surface area contributed by atoms with Crippen LogP contribution in [0.4, 0.5) is 4.79 Å². The lowest BCUT2D eigenvalue weighted by Crippen LogP contribution is -2.53. The van der Waals surface area contributed by atoms with Crippen LogP contribution in [0.5, 0.6) is 11.5 Å². The molecule has 0 saturated carbocycles. The molecule has 0 unspecified atom stereocenters. The van der Waals surface area contributed by atoms with E-state index in [4.69, 9.17) is 13.6 Å². The molecule has 0 aliphatic carbocycles. The topological polar surface area (TPSA) is 143 Å². The fourth-order valence-corrected chi connectivity index (χ4v) is 6.76. The van der Waals surface area contributed by atoms with Crippen LogP contribution in [0.2, 0.25) is 36.3 Å². The van der Waals surface area contributed by atoms with Crippen LogP contribution in [0.15, 0.2) is 6.07 Å². The van der Waals surface area contributed by atoms with E-state index in [1.165, 1.54) is 11.8 Å². The summed E-state index contributed by atoms with van der Waals surface area (Å²) in [4.78, 5) is 37.9. The second kappa shape index (κ2) is 13.0. The molecule has 41 heavy (non-hydrogen) atoms. The van der Waals surface area contributed by atoms with Gasteiger partial charge in [-0.15, -0.1) is 0 Å². The van der Waals surface area contributed by atoms with E-state index in [1.54, 1.807) is 0 Å². The van der Waals surface area contributed by atoms with E-state index < -0.39 is 53.3 Å². The summed E-state index contributed by atoms with van der Waals surface area (Å²) in [6.07, 6.45) is -1.44. The van der Waals surface area contributed by atoms with Crippen molar-refractivity contribution in [1.82, 2.24) is 10.6 Å². The lowest BCUT2D eigenvalue weighted by Gasteiger charge is -2.39. The number of hydrogen-bond donors (Lipinski definition) is 4. The maximum atomic E-state index is 13.8. The van der Waals surface area contributed by atoms with E-state index in [9.17, 15) is 24.6 Å². The molecule has 13 heteroatoms. The lowest BCUT2D eigenvalue weighted by molar-refractivity contribution is -0.124. The van der Waals surface area contributed by atoms with Crippen LogP contribution in [0.25, 0.3) is 0 Å². The van der Waals surface area contributed by atoms with Crippen molar-refractivity contribution < 1.29 is 38.2 Å². The Morgan fingerprint density at radius 2 is 1.61 bits per heavy atom. The van der Waals surface area contributed by atoms with Crippen LogP contribution in [0.3, 0.4) is 0 Å². The summed E-state index contributed by atoms with van der Waals surface area (Å²) in [5.74, 6) is 0.412. The largest absolute Gasteiger partial charge is 0.543 e. The highest BCUT2D eigenvalue weighted by Crippen LogP contribution is 2.45. The Bertz CT molecular complexity index is 1150. The summed E-state index contributed by atoms with van der Waals surface area (Å²) >= 11 is 1.43. The number of rotatable bonds is 6. The quantitative estimate of drug-likeness (QED) is 0.244. The van der Waals surface area contributed by atoms with Crippen LogP contribution >= 0.6 is 11.8 Å². The number of carboxylic acid groups (broad SMARTS) is 1. The van der Waals surface area contributed by atoms with Gasteiger partial charge < -0.3 is 34.4 Å². The van der Waals surface area contributed by atoms with Crippen LogP contribution in [0.1, 0.15) is 63.0 Å². The molecule has 0 saturated heterocycles. The van der Waals surface area contributed by atoms with E-state index in [0.717, 1.165) is 0 Å². The second-order valence-electron chi connectivity index (χ2n) is 13.6. The fourth-order valence-electron chi connectivity index (χ4n) is 3.57. The number of thioether (sulfide) groups is 1. The first kappa shape index (κ1) is 35.0. The number of carbonyl (C=O) groups excluding carboxylic acids is 2. The zero-order valence-electron chi connectivity index (χ0n) is 26.3. The summed E-state index contributed by atoms with van der Waals surface area (Å²) in [5, 5.41) is 23.7. The molecule has 1 aliphatic rings. The number of aliphatic hydroxyl groups excluding tert-OH is 1. The minimum atomic E-state index is -2.37. The highest BCUT2D eigenvalue weighted by atomic mass is 32.2. The molecule has 2 amide bonds. The SMILES string of the molecule is Cc1c(O[Si](C)(C)C(C)(C)C)cc(O[Si](C)(C)C(C)(C)C)c2c1C(=O)OC[C@H](NC(=O)O)C(=O)N[C@H](CO)CSC2. The Morgan fingerprint density at radius 1 is 1.07 bits per heavy atom. The van der Waals surface area contributed by atoms with Gasteiger partial charge in [0.25, 0.3) is 0 Å². The Morgan fingerprint density at radius 3 is 2.10 bits per heavy atom. The first-order chi connectivity index (χ1) is 18.6. The smallest absolute Gasteiger partial charge is 0.405 e. The third-order valence-corrected chi connectivity index (χ3v) is 18.1. The average molecular weight is 629 g/mol. The van der Waals surface area contributed by atoms with Crippen LogP contribution in [-0.4, -0.2) is 75.9 Å². The number of fused-ring (bicyclic) bond motifs is 1. The molecule has 0 aromatic heterocycles. The maximum absolute atomic E-state index is 13.8. The predicted molar refractivity (Wildman–Crippen MR) is 167 cm³/mol. The second-order valence-corrected chi connectivity index (χ2v) is 24.1. The van der Waals surface area contributed by atoms with Crippen molar-refractivity contribution in [2.75, 3.05) is 19.0 Å². The standard InChI is InChI=1S/C28H48N2O8SSi2/c1-17-21(37-40(8,9)27(2,3)4)12-22(38-41(10,11)28(5,6)7)19-16-39-15-18(13-31)29-24(32)20(30-26(34)35)14-36-25(33)23(17)19/h12,18,20,30-31H,13-16H2,1-11H3,(H,29,32)(H,34,35)/t18-,20+/m1/s1. The molecule has 2 atom stereocenters. The van der Waals surface area contributed by atoms with E-state index in [2.05, 4.69) is 78.4 Å². The van der Waals surface area contributed by atoms with Crippen LogP contribution in [0, 0.1) is 6.92 Å². The van der Waals surface area contributed by atoms with Gasteiger partial charge in [-0.05, 0) is 43.2 Å². The van der Waals surface area contributed by atoms with E-state index in [1.807, 2.05) is 13.0 Å². The molecular formula is C28H48N2O8SSi2. The highest BCUT2D eigenvalue weighted by Gasteiger charge is 2.42. The number of cyclic esters (lactones) is 1. The minimum absolute atomic E-state index is 0.103. The minimum Gasteiger partial charge on any atom is -0.543 e. The van der Waals surface area contributed by atoms with Crippen molar-refractivity contribution in [3.8, 4) is 11.5 Å². The number of carbonyl (C=O) groups is 3. The third kappa shape index (κ3) is 8.65. The van der Waals surface area contributed by atoms with Gasteiger partial charge in [-0.3, -0.25) is 4.79 Å². The number of nitrogens with one attached hydrogen (secondary N) is 2. The Labute approximate surface area is 250 Å². The summed E-state index contributed by atoms with van der Waals surface area (Å²) in [5.41, 5.74) is 1.54. The van der Waals surface area contributed by atoms with Crippen molar-refractivity contribution in [2.24, 2.45) is 0 Å². The molecule has 0 fully saturated rings. The summed E-state index contributed by atoms with van der Waals surface area (Å²) in [6.45, 7) is 22.3. The van der Waals surface area contributed by atoms with Crippen molar-refractivity contribution >= 4 is 46.4 Å². The van der Waals surface area contributed by atoms with Gasteiger partial charge in [0.2, 0.25) is 22.5 Å². The molecule has 0 spiro atoms. The van der Waals surface area contributed by atoms with Gasteiger partial charge in [0.1, 0.15) is 24.1 Å². The van der Waals surface area contributed by atoms with Gasteiger partial charge in [0.05, 0.1) is 18.2 Å². The summed E-state index contributed by atoms with van der Waals surface area (Å²) in [7, 11) is -4.70. The molecule has 10 nitrogen and oxygen atoms in total. The highest BCUT2D eigenvalue weighted by molar-refractivity contribution is 7.98. The van der Waals surface area contributed by atoms with Gasteiger partial charge in [-0.25, -0.2) is 9.59 Å². The Hall–Kier alpha value is -2.23. The molecule has 1 heterocycles. The maximum Gasteiger partial charge on any atom is 0.405 e. The number of amides is 2. The number of benzene rings is 1. The van der Waals surface area contributed by atoms with Crippen LogP contribution < -0.4 is 19.5 Å². The van der Waals surface area contributed by atoms with Crippen molar-refractivity contribution in [3.63, 3.8) is 0 Å². The average Bonchev–Trinajstić information content (AvgIpc) is 2.80. The predicted octanol–water partition coefficient (Wildman–Crippen LogP) is 5.28. The van der Waals surface area contributed by atoms with Crippen molar-refractivity contribution in [3.05, 3.63) is 22.8 Å². The molecule has 2 rings (SSSR count). The van der Waals surface area contributed by atoms with Gasteiger partial charge in [0, 0.05) is 28.7 Å². The zero-order valence-corrected chi connectivity index (χ0v) is 29.1. The molecule has 4 N–H and O–H groups in total. The van der Waals surface area contributed by atoms with Gasteiger partial charge >= 0.3 is 12.1 Å².